The van der Waals surface area contributed by atoms with E-state index in [0.717, 1.165) is 14.2 Å². The summed E-state index contributed by atoms with van der Waals surface area (Å²) in [6.07, 6.45) is 0. The Morgan fingerprint density at radius 3 is 2.27 bits per heavy atom. The smallest absolute Gasteiger partial charge is 0.335 e. The fraction of sp³-hybridized carbons (Fsp3) is 0. The summed E-state index contributed by atoms with van der Waals surface area (Å²) in [6, 6.07) is 10.9. The lowest BCUT2D eigenvalue weighted by atomic mass is 10.1. The van der Waals surface area contributed by atoms with Crippen LogP contribution in [0.5, 0.6) is 0 Å². The van der Waals surface area contributed by atoms with Crippen LogP contribution >= 0.6 is 27.3 Å². The second kappa shape index (κ2) is 4.16. The number of carboxylic acid groups (broad SMARTS) is 1. The van der Waals surface area contributed by atoms with Crippen LogP contribution in [0.1, 0.15) is 10.4 Å². The molecular weight excluding hydrogens is 276 g/mol. The van der Waals surface area contributed by atoms with E-state index in [0.29, 0.717) is 5.56 Å². The van der Waals surface area contributed by atoms with Gasteiger partial charge in [-0.25, -0.2) is 4.79 Å². The Morgan fingerprint density at radius 2 is 1.80 bits per heavy atom. The average molecular weight is 283 g/mol. The molecule has 0 saturated carbocycles. The minimum absolute atomic E-state index is 0.314. The molecule has 0 fully saturated rings. The Kier molecular flexibility index (Phi) is 2.88. The standard InChI is InChI=1S/C11H7BrO2S/c12-10-6-5-9(15-10)7-1-3-8(4-2-7)11(13)14/h1-6H,(H,13,14). The normalized spacial score (nSPS) is 10.2. The number of hydrogen-bond donors (Lipinski definition) is 1. The van der Waals surface area contributed by atoms with E-state index in [1.54, 1.807) is 23.5 Å². The van der Waals surface area contributed by atoms with Crippen molar-refractivity contribution in [2.75, 3.05) is 0 Å². The molecule has 76 valence electrons. The van der Waals surface area contributed by atoms with Crippen molar-refractivity contribution in [3.05, 3.63) is 45.7 Å². The fourth-order valence-electron chi connectivity index (χ4n) is 1.25. The van der Waals surface area contributed by atoms with Crippen LogP contribution in [-0.2, 0) is 0 Å². The third-order valence-electron chi connectivity index (χ3n) is 1.99. The number of carbonyl (C=O) groups is 1. The third kappa shape index (κ3) is 2.27. The third-order valence-corrected chi connectivity index (χ3v) is 3.66. The molecule has 1 heterocycles. The van der Waals surface area contributed by atoms with Crippen LogP contribution < -0.4 is 0 Å². The Morgan fingerprint density at radius 1 is 1.13 bits per heavy atom. The molecule has 2 rings (SSSR count). The molecule has 1 aromatic carbocycles. The van der Waals surface area contributed by atoms with Gasteiger partial charge >= 0.3 is 5.97 Å². The van der Waals surface area contributed by atoms with Gasteiger partial charge in [-0.1, -0.05) is 12.1 Å². The van der Waals surface area contributed by atoms with Crippen molar-refractivity contribution in [3.8, 4) is 10.4 Å². The van der Waals surface area contributed by atoms with Crippen molar-refractivity contribution in [1.29, 1.82) is 0 Å². The molecule has 0 saturated heterocycles. The Hall–Kier alpha value is -1.13. The highest BCUT2D eigenvalue weighted by molar-refractivity contribution is 9.11. The van der Waals surface area contributed by atoms with E-state index >= 15 is 0 Å². The zero-order chi connectivity index (χ0) is 10.8. The Bertz CT molecular complexity index is 488. The van der Waals surface area contributed by atoms with E-state index in [2.05, 4.69) is 15.9 Å². The maximum absolute atomic E-state index is 10.6. The first kappa shape index (κ1) is 10.4. The van der Waals surface area contributed by atoms with Crippen LogP contribution in [0.25, 0.3) is 10.4 Å². The van der Waals surface area contributed by atoms with Gasteiger partial charge in [-0.05, 0) is 45.8 Å². The largest absolute Gasteiger partial charge is 0.478 e. The average Bonchev–Trinajstić information content (AvgIpc) is 2.65. The zero-order valence-electron chi connectivity index (χ0n) is 7.61. The lowest BCUT2D eigenvalue weighted by Gasteiger charge is -1.98. The van der Waals surface area contributed by atoms with Gasteiger partial charge in [0.15, 0.2) is 0 Å². The lowest BCUT2D eigenvalue weighted by molar-refractivity contribution is 0.0697. The number of rotatable bonds is 2. The van der Waals surface area contributed by atoms with Gasteiger partial charge < -0.3 is 5.11 Å². The van der Waals surface area contributed by atoms with Crippen LogP contribution in [0.2, 0.25) is 0 Å². The van der Waals surface area contributed by atoms with Crippen LogP contribution in [0, 0.1) is 0 Å². The Balaban J connectivity index is 2.35. The number of hydrogen-bond acceptors (Lipinski definition) is 2. The van der Waals surface area contributed by atoms with Gasteiger partial charge in [0.05, 0.1) is 9.35 Å². The van der Waals surface area contributed by atoms with Crippen molar-refractivity contribution in [2.24, 2.45) is 0 Å². The summed E-state index contributed by atoms with van der Waals surface area (Å²) in [5.41, 5.74) is 1.35. The minimum atomic E-state index is -0.895. The molecule has 4 heteroatoms. The molecule has 0 amide bonds. The summed E-state index contributed by atoms with van der Waals surface area (Å²) < 4.78 is 1.07. The number of carboxylic acids is 1. The molecule has 0 aliphatic heterocycles. The number of thiophene rings is 1. The predicted octanol–water partition coefficient (Wildman–Crippen LogP) is 3.88. The predicted molar refractivity (Wildman–Crippen MR) is 64.4 cm³/mol. The molecule has 0 spiro atoms. The molecule has 1 aromatic heterocycles. The number of aromatic carboxylic acids is 1. The van der Waals surface area contributed by atoms with Gasteiger partial charge in [0, 0.05) is 4.88 Å². The fourth-order valence-corrected chi connectivity index (χ4v) is 2.64. The minimum Gasteiger partial charge on any atom is -0.478 e. The SMILES string of the molecule is O=C(O)c1ccc(-c2ccc(Br)s2)cc1. The number of halogens is 1. The van der Waals surface area contributed by atoms with Gasteiger partial charge in [0.2, 0.25) is 0 Å². The van der Waals surface area contributed by atoms with Crippen molar-refractivity contribution in [3.63, 3.8) is 0 Å². The van der Waals surface area contributed by atoms with Crippen LogP contribution in [0.3, 0.4) is 0 Å². The summed E-state index contributed by atoms with van der Waals surface area (Å²) in [5.74, 6) is -0.895. The van der Waals surface area contributed by atoms with Gasteiger partial charge in [-0.2, -0.15) is 0 Å². The first-order valence-corrected chi connectivity index (χ1v) is 5.87. The number of benzene rings is 1. The first-order valence-electron chi connectivity index (χ1n) is 4.26. The highest BCUT2D eigenvalue weighted by Crippen LogP contribution is 2.31. The summed E-state index contributed by atoms with van der Waals surface area (Å²) in [6.45, 7) is 0. The highest BCUT2D eigenvalue weighted by atomic mass is 79.9. The van der Waals surface area contributed by atoms with Crippen molar-refractivity contribution in [2.45, 2.75) is 0 Å². The zero-order valence-corrected chi connectivity index (χ0v) is 10.0. The van der Waals surface area contributed by atoms with Crippen LogP contribution in [0.15, 0.2) is 40.2 Å². The lowest BCUT2D eigenvalue weighted by Crippen LogP contribution is -1.94. The van der Waals surface area contributed by atoms with Crippen LogP contribution in [0.4, 0.5) is 0 Å². The summed E-state index contributed by atoms with van der Waals surface area (Å²) >= 11 is 5.02. The maximum atomic E-state index is 10.6. The maximum Gasteiger partial charge on any atom is 0.335 e. The highest BCUT2D eigenvalue weighted by Gasteiger charge is 2.04. The molecule has 15 heavy (non-hydrogen) atoms. The topological polar surface area (TPSA) is 37.3 Å². The molecule has 0 aliphatic carbocycles. The van der Waals surface area contributed by atoms with Gasteiger partial charge in [0.1, 0.15) is 0 Å². The van der Waals surface area contributed by atoms with Crippen molar-refractivity contribution >= 4 is 33.2 Å². The van der Waals surface area contributed by atoms with Crippen molar-refractivity contribution in [1.82, 2.24) is 0 Å². The van der Waals surface area contributed by atoms with Gasteiger partial charge in [0.25, 0.3) is 0 Å². The van der Waals surface area contributed by atoms with E-state index in [9.17, 15) is 4.79 Å². The second-order valence-corrected chi connectivity index (χ2v) is 5.45. The van der Waals surface area contributed by atoms with E-state index < -0.39 is 5.97 Å². The van der Waals surface area contributed by atoms with Gasteiger partial charge in [-0.15, -0.1) is 11.3 Å². The van der Waals surface area contributed by atoms with Gasteiger partial charge in [-0.3, -0.25) is 0 Å². The van der Waals surface area contributed by atoms with E-state index in [1.165, 1.54) is 0 Å². The van der Waals surface area contributed by atoms with Crippen LogP contribution in [-0.4, -0.2) is 11.1 Å². The summed E-state index contributed by atoms with van der Waals surface area (Å²) in [5, 5.41) is 8.75. The molecule has 0 radical (unpaired) electrons. The van der Waals surface area contributed by atoms with E-state index in [1.807, 2.05) is 24.3 Å². The molecule has 0 atom stereocenters. The quantitative estimate of drug-likeness (QED) is 0.908. The Labute approximate surface area is 99.3 Å². The second-order valence-electron chi connectivity index (χ2n) is 2.99. The molecule has 0 unspecified atom stereocenters. The monoisotopic (exact) mass is 282 g/mol. The molecule has 0 aliphatic rings. The summed E-state index contributed by atoms with van der Waals surface area (Å²) in [4.78, 5) is 11.8. The van der Waals surface area contributed by atoms with Crippen molar-refractivity contribution < 1.29 is 9.90 Å². The molecule has 2 aromatic rings. The molecule has 0 bridgehead atoms. The van der Waals surface area contributed by atoms with E-state index in [4.69, 9.17) is 5.11 Å². The first-order chi connectivity index (χ1) is 7.16. The summed E-state index contributed by atoms with van der Waals surface area (Å²) in [7, 11) is 0. The molecule has 2 nitrogen and oxygen atoms in total. The van der Waals surface area contributed by atoms with E-state index in [-0.39, 0.29) is 0 Å². The molecular formula is C11H7BrO2S. The molecule has 1 N–H and O–H groups in total.